The molecular formula is C18H27NO3. The summed E-state index contributed by atoms with van der Waals surface area (Å²) in [5.41, 5.74) is 0.889. The molecule has 0 aromatic heterocycles. The summed E-state index contributed by atoms with van der Waals surface area (Å²) in [6.45, 7) is 10.1. The Hall–Kier alpha value is -1.97. The first kappa shape index (κ1) is 18.1. The van der Waals surface area contributed by atoms with Gasteiger partial charge in [0.25, 0.3) is 0 Å². The van der Waals surface area contributed by atoms with Crippen molar-refractivity contribution in [3.05, 3.63) is 29.8 Å². The zero-order valence-corrected chi connectivity index (χ0v) is 14.3. The number of methoxy groups -OCH3 is 1. The number of hydrogen-bond acceptors (Lipinski definition) is 3. The highest BCUT2D eigenvalue weighted by atomic mass is 16.5. The van der Waals surface area contributed by atoms with Crippen molar-refractivity contribution in [2.24, 2.45) is 5.92 Å². The molecule has 1 amide bonds. The van der Waals surface area contributed by atoms with E-state index in [0.717, 1.165) is 5.56 Å². The number of carbonyl (C=O) groups is 1. The van der Waals surface area contributed by atoms with Gasteiger partial charge in [0.1, 0.15) is 0 Å². The van der Waals surface area contributed by atoms with Gasteiger partial charge in [0.15, 0.2) is 11.5 Å². The summed E-state index contributed by atoms with van der Waals surface area (Å²) in [6, 6.07) is 5.75. The lowest BCUT2D eigenvalue weighted by Crippen LogP contribution is -2.34. The van der Waals surface area contributed by atoms with Crippen molar-refractivity contribution in [2.75, 3.05) is 7.11 Å². The summed E-state index contributed by atoms with van der Waals surface area (Å²) in [7, 11) is 1.60. The molecule has 1 rings (SSSR count). The molecule has 1 aromatic carbocycles. The standard InChI is InChI=1S/C18H27NO3/c1-12(2)14(5)19-18(20)10-8-15-7-9-16(22-13(3)4)17(11-15)21-6/h7-14H,1-6H3,(H,19,20). The monoisotopic (exact) mass is 305 g/mol. The molecule has 122 valence electrons. The second kappa shape index (κ2) is 8.47. The minimum absolute atomic E-state index is 0.0820. The second-order valence-electron chi connectivity index (χ2n) is 5.95. The Labute approximate surface area is 133 Å². The van der Waals surface area contributed by atoms with Gasteiger partial charge in [-0.1, -0.05) is 19.9 Å². The fraction of sp³-hybridized carbons (Fsp3) is 0.500. The van der Waals surface area contributed by atoms with Crippen LogP contribution in [0, 0.1) is 5.92 Å². The summed E-state index contributed by atoms with van der Waals surface area (Å²) in [4.78, 5) is 11.8. The number of carbonyl (C=O) groups excluding carboxylic acids is 1. The SMILES string of the molecule is COc1cc(C=CC(=O)NC(C)C(C)C)ccc1OC(C)C. The third kappa shape index (κ3) is 5.80. The fourth-order valence-electron chi connectivity index (χ4n) is 1.75. The van der Waals surface area contributed by atoms with Crippen molar-refractivity contribution < 1.29 is 14.3 Å². The summed E-state index contributed by atoms with van der Waals surface area (Å²) in [6.07, 6.45) is 3.39. The Morgan fingerprint density at radius 3 is 2.36 bits per heavy atom. The molecule has 22 heavy (non-hydrogen) atoms. The van der Waals surface area contributed by atoms with E-state index in [9.17, 15) is 4.79 Å². The van der Waals surface area contributed by atoms with Crippen molar-refractivity contribution in [2.45, 2.75) is 46.8 Å². The van der Waals surface area contributed by atoms with Crippen LogP contribution in [-0.4, -0.2) is 25.2 Å². The highest BCUT2D eigenvalue weighted by Crippen LogP contribution is 2.29. The maximum atomic E-state index is 11.8. The van der Waals surface area contributed by atoms with E-state index in [4.69, 9.17) is 9.47 Å². The third-order valence-corrected chi connectivity index (χ3v) is 3.35. The molecule has 4 nitrogen and oxygen atoms in total. The lowest BCUT2D eigenvalue weighted by Gasteiger charge is -2.16. The lowest BCUT2D eigenvalue weighted by molar-refractivity contribution is -0.117. The molecule has 0 saturated carbocycles. The highest BCUT2D eigenvalue weighted by molar-refractivity contribution is 5.92. The van der Waals surface area contributed by atoms with Crippen LogP contribution in [0.1, 0.15) is 40.2 Å². The van der Waals surface area contributed by atoms with Crippen molar-refractivity contribution in [3.63, 3.8) is 0 Å². The molecule has 0 heterocycles. The lowest BCUT2D eigenvalue weighted by atomic mass is 10.1. The van der Waals surface area contributed by atoms with Gasteiger partial charge in [-0.3, -0.25) is 4.79 Å². The summed E-state index contributed by atoms with van der Waals surface area (Å²) < 4.78 is 11.0. The van der Waals surface area contributed by atoms with Gasteiger partial charge in [-0.2, -0.15) is 0 Å². The van der Waals surface area contributed by atoms with E-state index in [1.807, 2.05) is 39.0 Å². The molecule has 1 atom stereocenters. The number of rotatable bonds is 7. The Morgan fingerprint density at radius 1 is 1.14 bits per heavy atom. The van der Waals surface area contributed by atoms with Crippen molar-refractivity contribution in [1.82, 2.24) is 5.32 Å². The molecule has 4 heteroatoms. The number of amides is 1. The Morgan fingerprint density at radius 2 is 1.82 bits per heavy atom. The first-order chi connectivity index (χ1) is 10.3. The smallest absolute Gasteiger partial charge is 0.244 e. The van der Waals surface area contributed by atoms with E-state index in [2.05, 4.69) is 19.2 Å². The van der Waals surface area contributed by atoms with Gasteiger partial charge >= 0.3 is 0 Å². The van der Waals surface area contributed by atoms with E-state index in [-0.39, 0.29) is 18.1 Å². The van der Waals surface area contributed by atoms with Crippen LogP contribution in [0.3, 0.4) is 0 Å². The molecule has 0 aliphatic rings. The minimum Gasteiger partial charge on any atom is -0.493 e. The molecule has 0 aliphatic heterocycles. The zero-order chi connectivity index (χ0) is 16.7. The van der Waals surface area contributed by atoms with Gasteiger partial charge in [0, 0.05) is 12.1 Å². The maximum absolute atomic E-state index is 11.8. The van der Waals surface area contributed by atoms with Crippen molar-refractivity contribution in [1.29, 1.82) is 0 Å². The number of hydrogen-bond donors (Lipinski definition) is 1. The Kier molecular flexibility index (Phi) is 6.96. The largest absolute Gasteiger partial charge is 0.493 e. The minimum atomic E-state index is -0.0947. The molecule has 0 radical (unpaired) electrons. The predicted octanol–water partition coefficient (Wildman–Crippen LogP) is 3.66. The summed E-state index contributed by atoms with van der Waals surface area (Å²) in [5, 5.41) is 2.93. The molecule has 0 saturated heterocycles. The van der Waals surface area contributed by atoms with Gasteiger partial charge < -0.3 is 14.8 Å². The molecule has 0 bridgehead atoms. The zero-order valence-electron chi connectivity index (χ0n) is 14.3. The molecule has 1 aromatic rings. The van der Waals surface area contributed by atoms with Crippen LogP contribution in [0.2, 0.25) is 0 Å². The van der Waals surface area contributed by atoms with E-state index < -0.39 is 0 Å². The summed E-state index contributed by atoms with van der Waals surface area (Å²) in [5.74, 6) is 1.67. The van der Waals surface area contributed by atoms with Crippen LogP contribution >= 0.6 is 0 Å². The van der Waals surface area contributed by atoms with Crippen LogP contribution < -0.4 is 14.8 Å². The van der Waals surface area contributed by atoms with Crippen molar-refractivity contribution >= 4 is 12.0 Å². The van der Waals surface area contributed by atoms with Crippen molar-refractivity contribution in [3.8, 4) is 11.5 Å². The van der Waals surface area contributed by atoms with Crippen LogP contribution in [0.5, 0.6) is 11.5 Å². The molecule has 1 unspecified atom stereocenters. The van der Waals surface area contributed by atoms with Crippen LogP contribution in [0.15, 0.2) is 24.3 Å². The maximum Gasteiger partial charge on any atom is 0.244 e. The van der Waals surface area contributed by atoms with Crippen LogP contribution in [0.4, 0.5) is 0 Å². The van der Waals surface area contributed by atoms with Crippen LogP contribution in [-0.2, 0) is 4.79 Å². The highest BCUT2D eigenvalue weighted by Gasteiger charge is 2.09. The molecule has 0 aliphatic carbocycles. The molecule has 0 fully saturated rings. The first-order valence-electron chi connectivity index (χ1n) is 7.66. The average molecular weight is 305 g/mol. The number of benzene rings is 1. The van der Waals surface area contributed by atoms with Gasteiger partial charge in [-0.05, 0) is 50.5 Å². The molecular weight excluding hydrogens is 278 g/mol. The second-order valence-corrected chi connectivity index (χ2v) is 5.95. The predicted molar refractivity (Wildman–Crippen MR) is 90.2 cm³/mol. The topological polar surface area (TPSA) is 47.6 Å². The van der Waals surface area contributed by atoms with E-state index >= 15 is 0 Å². The van der Waals surface area contributed by atoms with Gasteiger partial charge in [0.05, 0.1) is 13.2 Å². The molecule has 0 spiro atoms. The van der Waals surface area contributed by atoms with Gasteiger partial charge in [-0.25, -0.2) is 0 Å². The quantitative estimate of drug-likeness (QED) is 0.782. The molecule has 1 N–H and O–H groups in total. The van der Waals surface area contributed by atoms with E-state index in [0.29, 0.717) is 17.4 Å². The Balaban J connectivity index is 2.77. The van der Waals surface area contributed by atoms with Gasteiger partial charge in [-0.15, -0.1) is 0 Å². The van der Waals surface area contributed by atoms with Crippen LogP contribution in [0.25, 0.3) is 6.08 Å². The average Bonchev–Trinajstić information content (AvgIpc) is 2.45. The number of ether oxygens (including phenoxy) is 2. The van der Waals surface area contributed by atoms with Gasteiger partial charge in [0.2, 0.25) is 5.91 Å². The third-order valence-electron chi connectivity index (χ3n) is 3.35. The normalized spacial score (nSPS) is 12.7. The number of nitrogens with one attached hydrogen (secondary N) is 1. The Bertz CT molecular complexity index is 521. The fourth-order valence-corrected chi connectivity index (χ4v) is 1.75. The van der Waals surface area contributed by atoms with E-state index in [1.54, 1.807) is 13.2 Å². The summed E-state index contributed by atoms with van der Waals surface area (Å²) >= 11 is 0. The first-order valence-corrected chi connectivity index (χ1v) is 7.66. The van der Waals surface area contributed by atoms with E-state index in [1.165, 1.54) is 6.08 Å².